The van der Waals surface area contributed by atoms with Gasteiger partial charge in [-0.3, -0.25) is 9.80 Å². The number of anilines is 1. The minimum absolute atomic E-state index is 0.108. The maximum Gasteiger partial charge on any atom is 0.268 e. The summed E-state index contributed by atoms with van der Waals surface area (Å²) >= 11 is 18.6. The molecule has 0 radical (unpaired) electrons. The van der Waals surface area contributed by atoms with E-state index in [4.69, 9.17) is 39.9 Å². The first-order valence-electron chi connectivity index (χ1n) is 9.33. The molecule has 0 aromatic heterocycles. The summed E-state index contributed by atoms with van der Waals surface area (Å²) in [6, 6.07) is 13.0. The minimum atomic E-state index is -0.168. The molecule has 2 aromatic carbocycles. The van der Waals surface area contributed by atoms with Crippen molar-refractivity contribution >= 4 is 52.1 Å². The Kier molecular flexibility index (Phi) is 5.55. The van der Waals surface area contributed by atoms with Crippen LogP contribution in [0, 0.1) is 5.92 Å². The van der Waals surface area contributed by atoms with E-state index in [0.717, 1.165) is 24.8 Å². The smallest absolute Gasteiger partial charge is 0.268 e. The molecular formula is C21H20Cl3N3O. The number of halogens is 3. The zero-order chi connectivity index (χ0) is 19.8. The third kappa shape index (κ3) is 3.73. The Bertz CT molecular complexity index is 925. The van der Waals surface area contributed by atoms with Gasteiger partial charge >= 0.3 is 0 Å². The molecule has 0 bridgehead atoms. The Morgan fingerprint density at radius 3 is 2.36 bits per heavy atom. The van der Waals surface area contributed by atoms with Crippen molar-refractivity contribution in [1.82, 2.24) is 5.32 Å². The summed E-state index contributed by atoms with van der Waals surface area (Å²) in [6.45, 7) is 2.02. The van der Waals surface area contributed by atoms with E-state index >= 15 is 0 Å². The summed E-state index contributed by atoms with van der Waals surface area (Å²) in [4.78, 5) is 12.9. The highest BCUT2D eigenvalue weighted by molar-refractivity contribution is 6.41. The first-order valence-corrected chi connectivity index (χ1v) is 10.5. The van der Waals surface area contributed by atoms with Crippen LogP contribution in [0.15, 0.2) is 47.6 Å². The zero-order valence-corrected chi connectivity index (χ0v) is 17.6. The van der Waals surface area contributed by atoms with E-state index in [1.807, 2.05) is 42.3 Å². The van der Waals surface area contributed by atoms with Crippen molar-refractivity contribution in [2.45, 2.75) is 38.3 Å². The van der Waals surface area contributed by atoms with Crippen LogP contribution < -0.4 is 10.3 Å². The van der Waals surface area contributed by atoms with Gasteiger partial charge in [-0.1, -0.05) is 53.9 Å². The molecule has 1 fully saturated rings. The predicted molar refractivity (Wildman–Crippen MR) is 116 cm³/mol. The number of hydrogen-bond donors (Lipinski definition) is 1. The van der Waals surface area contributed by atoms with E-state index in [1.54, 1.807) is 12.1 Å². The molecule has 1 aliphatic heterocycles. The highest BCUT2D eigenvalue weighted by atomic mass is 35.5. The van der Waals surface area contributed by atoms with Gasteiger partial charge in [-0.25, -0.2) is 0 Å². The second kappa shape index (κ2) is 7.94. The Morgan fingerprint density at radius 1 is 1.07 bits per heavy atom. The number of rotatable bonds is 4. The molecule has 1 aliphatic carbocycles. The van der Waals surface area contributed by atoms with Gasteiger partial charge in [0.2, 0.25) is 0 Å². The molecule has 7 heteroatoms. The molecule has 2 aliphatic rings. The lowest BCUT2D eigenvalue weighted by Crippen LogP contribution is -2.44. The maximum absolute atomic E-state index is 12.9. The summed E-state index contributed by atoms with van der Waals surface area (Å²) < 4.78 is 0. The van der Waals surface area contributed by atoms with Crippen molar-refractivity contribution in [3.8, 4) is 0 Å². The lowest BCUT2D eigenvalue weighted by Gasteiger charge is -2.28. The van der Waals surface area contributed by atoms with Gasteiger partial charge in [0.15, 0.2) is 0 Å². The van der Waals surface area contributed by atoms with Gasteiger partial charge in [0.1, 0.15) is 5.71 Å². The number of amides is 1. The van der Waals surface area contributed by atoms with Crippen molar-refractivity contribution in [3.05, 3.63) is 63.1 Å². The second-order valence-electron chi connectivity index (χ2n) is 7.31. The number of hydrogen-bond acceptors (Lipinski definition) is 3. The molecule has 0 spiro atoms. The Hall–Kier alpha value is -1.75. The van der Waals surface area contributed by atoms with Gasteiger partial charge in [-0.15, -0.1) is 0 Å². The van der Waals surface area contributed by atoms with E-state index in [0.29, 0.717) is 26.5 Å². The number of carbonyl (C=O) groups excluding carboxylic acids is 1. The van der Waals surface area contributed by atoms with Crippen molar-refractivity contribution in [2.75, 3.05) is 5.01 Å². The molecule has 1 heterocycles. The van der Waals surface area contributed by atoms with Crippen LogP contribution in [0.5, 0.6) is 0 Å². The summed E-state index contributed by atoms with van der Waals surface area (Å²) in [5, 5.41) is 11.3. The average Bonchev–Trinajstić information content (AvgIpc) is 2.96. The van der Waals surface area contributed by atoms with Gasteiger partial charge in [-0.2, -0.15) is 5.10 Å². The van der Waals surface area contributed by atoms with Gasteiger partial charge in [0.05, 0.1) is 16.8 Å². The normalized spacial score (nSPS) is 22.0. The Morgan fingerprint density at radius 2 is 1.75 bits per heavy atom. The van der Waals surface area contributed by atoms with E-state index in [1.165, 1.54) is 0 Å². The SMILES string of the molecule is C[C@H]1C(C(=O)NC2CCC2)=NN(c2ccc(Cl)cc2Cl)[C@H]1c1ccc(Cl)cc1. The molecule has 0 saturated heterocycles. The zero-order valence-electron chi connectivity index (χ0n) is 15.3. The number of nitrogens with zero attached hydrogens (tertiary/aromatic N) is 2. The Labute approximate surface area is 179 Å². The summed E-state index contributed by atoms with van der Waals surface area (Å²) in [5.41, 5.74) is 2.24. The van der Waals surface area contributed by atoms with Crippen LogP contribution in [0.1, 0.15) is 37.8 Å². The molecule has 2 aromatic rings. The van der Waals surface area contributed by atoms with Crippen LogP contribution in [0.25, 0.3) is 0 Å². The number of hydrazone groups is 1. The molecule has 146 valence electrons. The molecule has 4 rings (SSSR count). The number of carbonyl (C=O) groups is 1. The van der Waals surface area contributed by atoms with Crippen LogP contribution >= 0.6 is 34.8 Å². The van der Waals surface area contributed by atoms with Crippen LogP contribution in [0.3, 0.4) is 0 Å². The van der Waals surface area contributed by atoms with Gasteiger partial charge < -0.3 is 5.32 Å². The van der Waals surface area contributed by atoms with Gasteiger partial charge in [0, 0.05) is 22.0 Å². The fraction of sp³-hybridized carbons (Fsp3) is 0.333. The fourth-order valence-electron chi connectivity index (χ4n) is 3.66. The van der Waals surface area contributed by atoms with Crippen molar-refractivity contribution in [2.24, 2.45) is 11.0 Å². The van der Waals surface area contributed by atoms with Crippen LogP contribution in [-0.2, 0) is 4.79 Å². The van der Waals surface area contributed by atoms with Crippen molar-refractivity contribution in [3.63, 3.8) is 0 Å². The maximum atomic E-state index is 12.9. The molecule has 1 N–H and O–H groups in total. The first kappa shape index (κ1) is 19.6. The van der Waals surface area contributed by atoms with E-state index in [9.17, 15) is 4.79 Å². The third-order valence-corrected chi connectivity index (χ3v) is 6.21. The third-order valence-electron chi connectivity index (χ3n) is 5.42. The average molecular weight is 437 g/mol. The Balaban J connectivity index is 1.72. The highest BCUT2D eigenvalue weighted by Crippen LogP contribution is 2.42. The molecule has 1 amide bonds. The largest absolute Gasteiger partial charge is 0.348 e. The fourth-order valence-corrected chi connectivity index (χ4v) is 4.28. The predicted octanol–water partition coefficient (Wildman–Crippen LogP) is 5.87. The first-order chi connectivity index (χ1) is 13.4. The topological polar surface area (TPSA) is 44.7 Å². The number of nitrogens with one attached hydrogen (secondary N) is 1. The van der Waals surface area contributed by atoms with E-state index < -0.39 is 0 Å². The number of benzene rings is 2. The van der Waals surface area contributed by atoms with E-state index in [-0.39, 0.29) is 23.9 Å². The quantitative estimate of drug-likeness (QED) is 0.651. The molecular weight excluding hydrogens is 417 g/mol. The minimum Gasteiger partial charge on any atom is -0.348 e. The summed E-state index contributed by atoms with van der Waals surface area (Å²) in [7, 11) is 0. The van der Waals surface area contributed by atoms with E-state index in [2.05, 4.69) is 5.32 Å². The standard InChI is InChI=1S/C21H20Cl3N3O/c1-12-19(21(28)25-16-3-2-4-16)26-27(18-10-9-15(23)11-17(18)24)20(12)13-5-7-14(22)8-6-13/h5-12,16,20H,2-4H2,1H3,(H,25,28)/t12-,20+/m0/s1. The second-order valence-corrected chi connectivity index (χ2v) is 8.59. The molecule has 28 heavy (non-hydrogen) atoms. The molecule has 2 atom stereocenters. The lowest BCUT2D eigenvalue weighted by molar-refractivity contribution is -0.116. The monoisotopic (exact) mass is 435 g/mol. The molecule has 0 unspecified atom stereocenters. The van der Waals surface area contributed by atoms with Crippen LogP contribution in [-0.4, -0.2) is 17.7 Å². The van der Waals surface area contributed by atoms with Gasteiger partial charge in [-0.05, 0) is 55.2 Å². The molecule has 4 nitrogen and oxygen atoms in total. The molecule has 1 saturated carbocycles. The highest BCUT2D eigenvalue weighted by Gasteiger charge is 2.40. The van der Waals surface area contributed by atoms with Gasteiger partial charge in [0.25, 0.3) is 5.91 Å². The summed E-state index contributed by atoms with van der Waals surface area (Å²) in [5.74, 6) is -0.225. The van der Waals surface area contributed by atoms with Crippen molar-refractivity contribution in [1.29, 1.82) is 0 Å². The lowest BCUT2D eigenvalue weighted by atomic mass is 9.89. The van der Waals surface area contributed by atoms with Crippen molar-refractivity contribution < 1.29 is 4.79 Å². The van der Waals surface area contributed by atoms with Crippen LogP contribution in [0.2, 0.25) is 15.1 Å². The summed E-state index contributed by atoms with van der Waals surface area (Å²) in [6.07, 6.45) is 3.22. The van der Waals surface area contributed by atoms with Crippen LogP contribution in [0.4, 0.5) is 5.69 Å².